The maximum absolute atomic E-state index is 8.96. The Balaban J connectivity index is 0. The Morgan fingerprint density at radius 2 is 1.00 bits per heavy atom. The van der Waals surface area contributed by atoms with E-state index in [0.717, 1.165) is 0 Å². The van der Waals surface area contributed by atoms with Crippen LogP contribution in [0.3, 0.4) is 0 Å². The Morgan fingerprint density at radius 3 is 1.17 bits per heavy atom. The molecular formula is C6H16O6. The van der Waals surface area contributed by atoms with Crippen LogP contribution in [0.25, 0.3) is 0 Å². The lowest BCUT2D eigenvalue weighted by molar-refractivity contribution is -0.123. The van der Waals surface area contributed by atoms with Gasteiger partial charge in [-0.15, -0.1) is 0 Å². The molecule has 0 spiro atoms. The van der Waals surface area contributed by atoms with Crippen LogP contribution < -0.4 is 0 Å². The van der Waals surface area contributed by atoms with Gasteiger partial charge in [-0.2, -0.15) is 0 Å². The second kappa shape index (κ2) is 5.41. The quantitative estimate of drug-likeness (QED) is 0.266. The van der Waals surface area contributed by atoms with Gasteiger partial charge in [-0.3, -0.25) is 0 Å². The highest BCUT2D eigenvalue weighted by Crippen LogP contribution is 2.03. The summed E-state index contributed by atoms with van der Waals surface area (Å²) < 4.78 is 0. The molecule has 0 saturated heterocycles. The van der Waals surface area contributed by atoms with Crippen molar-refractivity contribution in [3.05, 3.63) is 0 Å². The summed E-state index contributed by atoms with van der Waals surface area (Å²) in [6.07, 6.45) is -6.39. The highest BCUT2D eigenvalue weighted by Gasteiger charge is 2.29. The molecule has 6 nitrogen and oxygen atoms in total. The van der Waals surface area contributed by atoms with Gasteiger partial charge in [0.25, 0.3) is 0 Å². The predicted molar refractivity (Wildman–Crippen MR) is 40.3 cm³/mol. The van der Waals surface area contributed by atoms with E-state index in [9.17, 15) is 0 Å². The van der Waals surface area contributed by atoms with Crippen molar-refractivity contribution >= 4 is 0 Å². The van der Waals surface area contributed by atoms with Crippen molar-refractivity contribution in [2.75, 3.05) is 13.2 Å². The molecule has 0 aromatic carbocycles. The van der Waals surface area contributed by atoms with Gasteiger partial charge in [0.15, 0.2) is 0 Å². The first-order valence-electron chi connectivity index (χ1n) is 3.48. The summed E-state index contributed by atoms with van der Waals surface area (Å²) in [6.45, 7) is -1.45. The molecule has 6 N–H and O–H groups in total. The molecule has 0 amide bonds. The first-order valence-corrected chi connectivity index (χ1v) is 3.48. The fourth-order valence-corrected chi connectivity index (χ4v) is 0.671. The van der Waals surface area contributed by atoms with Crippen molar-refractivity contribution in [1.82, 2.24) is 0 Å². The minimum absolute atomic E-state index is 0. The molecule has 4 unspecified atom stereocenters. The van der Waals surface area contributed by atoms with Crippen molar-refractivity contribution in [3.8, 4) is 0 Å². The number of aliphatic hydroxyl groups is 6. The highest BCUT2D eigenvalue weighted by molar-refractivity contribution is 4.79. The lowest BCUT2D eigenvalue weighted by Gasteiger charge is -2.24. The normalized spacial score (nSPS) is 21.5. The summed E-state index contributed by atoms with van der Waals surface area (Å²) in [5.41, 5.74) is 0. The molecule has 0 heterocycles. The maximum Gasteiger partial charge on any atom is 0.111 e. The van der Waals surface area contributed by atoms with Gasteiger partial charge in [-0.25, -0.2) is 0 Å². The Hall–Kier alpha value is -0.240. The van der Waals surface area contributed by atoms with Crippen LogP contribution in [-0.2, 0) is 0 Å². The van der Waals surface area contributed by atoms with E-state index in [0.29, 0.717) is 0 Å². The SMILES string of the molecule is OCC(O)C(O)C(O)C(O)CO.[HH]. The van der Waals surface area contributed by atoms with E-state index < -0.39 is 37.6 Å². The third-order valence-corrected chi connectivity index (χ3v) is 1.51. The van der Waals surface area contributed by atoms with Gasteiger partial charge in [0, 0.05) is 1.43 Å². The van der Waals surface area contributed by atoms with E-state index in [2.05, 4.69) is 0 Å². The average molecular weight is 184 g/mol. The zero-order chi connectivity index (χ0) is 9.72. The third-order valence-electron chi connectivity index (χ3n) is 1.51. The van der Waals surface area contributed by atoms with E-state index in [1.54, 1.807) is 0 Å². The number of hydrogen-bond donors (Lipinski definition) is 6. The van der Waals surface area contributed by atoms with Gasteiger partial charge in [0.05, 0.1) is 13.2 Å². The van der Waals surface area contributed by atoms with E-state index >= 15 is 0 Å². The van der Waals surface area contributed by atoms with Gasteiger partial charge in [-0.1, -0.05) is 0 Å². The molecule has 0 aromatic heterocycles. The van der Waals surface area contributed by atoms with Crippen molar-refractivity contribution in [1.29, 1.82) is 0 Å². The molecule has 76 valence electrons. The molecule has 0 rings (SSSR count). The van der Waals surface area contributed by atoms with Gasteiger partial charge in [0.1, 0.15) is 24.4 Å². The van der Waals surface area contributed by atoms with Crippen LogP contribution in [0.4, 0.5) is 0 Å². The zero-order valence-corrected chi connectivity index (χ0v) is 6.41. The summed E-state index contributed by atoms with van der Waals surface area (Å²) >= 11 is 0. The van der Waals surface area contributed by atoms with Crippen molar-refractivity contribution < 1.29 is 32.1 Å². The lowest BCUT2D eigenvalue weighted by atomic mass is 10.0. The van der Waals surface area contributed by atoms with E-state index in [1.807, 2.05) is 0 Å². The molecule has 0 fully saturated rings. The summed E-state index contributed by atoms with van der Waals surface area (Å²) in [7, 11) is 0. The Bertz CT molecular complexity index is 110. The summed E-state index contributed by atoms with van der Waals surface area (Å²) in [6, 6.07) is 0. The van der Waals surface area contributed by atoms with Crippen molar-refractivity contribution in [3.63, 3.8) is 0 Å². The maximum atomic E-state index is 8.96. The van der Waals surface area contributed by atoms with E-state index in [1.165, 1.54) is 0 Å². The number of hydrogen-bond acceptors (Lipinski definition) is 6. The number of aliphatic hydroxyl groups excluding tert-OH is 6. The standard InChI is InChI=1S/C6H14O6.H2/c7-1-3(9)5(11)6(12)4(10)2-8;/h3-12H,1-2H2;1H. The fraction of sp³-hybridized carbons (Fsp3) is 1.00. The van der Waals surface area contributed by atoms with Crippen LogP contribution in [0.5, 0.6) is 0 Å². The number of rotatable bonds is 5. The van der Waals surface area contributed by atoms with Crippen LogP contribution >= 0.6 is 0 Å². The molecule has 0 aliphatic heterocycles. The average Bonchev–Trinajstić information content (AvgIpc) is 2.12. The molecule has 4 atom stereocenters. The van der Waals surface area contributed by atoms with Gasteiger partial charge in [0.2, 0.25) is 0 Å². The second-order valence-corrected chi connectivity index (χ2v) is 2.48. The topological polar surface area (TPSA) is 121 Å². The first kappa shape index (κ1) is 11.8. The van der Waals surface area contributed by atoms with Crippen LogP contribution in [0.2, 0.25) is 0 Å². The third kappa shape index (κ3) is 3.02. The molecule has 0 radical (unpaired) electrons. The van der Waals surface area contributed by atoms with E-state index in [-0.39, 0.29) is 1.43 Å². The summed E-state index contributed by atoms with van der Waals surface area (Å²) in [4.78, 5) is 0. The second-order valence-electron chi connectivity index (χ2n) is 2.48. The monoisotopic (exact) mass is 184 g/mol. The fourth-order valence-electron chi connectivity index (χ4n) is 0.671. The minimum atomic E-state index is -1.67. The minimum Gasteiger partial charge on any atom is -0.394 e. The smallest absolute Gasteiger partial charge is 0.111 e. The Labute approximate surface area is 70.8 Å². The molecule has 6 heteroatoms. The Kier molecular flexibility index (Phi) is 5.31. The summed E-state index contributed by atoms with van der Waals surface area (Å²) in [5.74, 6) is 0. The van der Waals surface area contributed by atoms with E-state index in [4.69, 9.17) is 30.6 Å². The largest absolute Gasteiger partial charge is 0.394 e. The van der Waals surface area contributed by atoms with Crippen LogP contribution in [0.1, 0.15) is 1.43 Å². The van der Waals surface area contributed by atoms with Crippen LogP contribution in [0, 0.1) is 0 Å². The molecule has 12 heavy (non-hydrogen) atoms. The molecule has 0 bridgehead atoms. The van der Waals surface area contributed by atoms with Crippen LogP contribution in [-0.4, -0.2) is 68.3 Å². The van der Waals surface area contributed by atoms with Gasteiger partial charge >= 0.3 is 0 Å². The van der Waals surface area contributed by atoms with Gasteiger partial charge < -0.3 is 30.6 Å². The van der Waals surface area contributed by atoms with Gasteiger partial charge in [-0.05, 0) is 0 Å². The zero-order valence-electron chi connectivity index (χ0n) is 6.41. The summed E-state index contributed by atoms with van der Waals surface area (Å²) in [5, 5.41) is 52.2. The molecule has 0 aromatic rings. The predicted octanol–water partition coefficient (Wildman–Crippen LogP) is -3.34. The highest BCUT2D eigenvalue weighted by atomic mass is 16.4. The molecular weight excluding hydrogens is 168 g/mol. The first-order chi connectivity index (χ1) is 5.54. The molecule has 0 aliphatic carbocycles. The van der Waals surface area contributed by atoms with Crippen molar-refractivity contribution in [2.45, 2.75) is 24.4 Å². The lowest BCUT2D eigenvalue weighted by Crippen LogP contribution is -2.46. The van der Waals surface area contributed by atoms with Crippen LogP contribution in [0.15, 0.2) is 0 Å². The molecule has 0 aliphatic rings. The Morgan fingerprint density at radius 1 is 0.750 bits per heavy atom. The van der Waals surface area contributed by atoms with Crippen molar-refractivity contribution in [2.24, 2.45) is 0 Å². The molecule has 0 saturated carbocycles.